The minimum atomic E-state index is -0.0345. The van der Waals surface area contributed by atoms with Crippen LogP contribution >= 0.6 is 0 Å². The van der Waals surface area contributed by atoms with Gasteiger partial charge < -0.3 is 15.1 Å². The van der Waals surface area contributed by atoms with Gasteiger partial charge in [-0.2, -0.15) is 0 Å². The molecule has 0 saturated carbocycles. The fourth-order valence-corrected chi connectivity index (χ4v) is 2.82. The Morgan fingerprint density at radius 1 is 1.08 bits per heavy atom. The predicted octanol–water partition coefficient (Wildman–Crippen LogP) is 2.28. The molecule has 0 spiro atoms. The smallest absolute Gasteiger partial charge is 0.176 e. The van der Waals surface area contributed by atoms with Crippen molar-refractivity contribution in [2.75, 3.05) is 39.8 Å². The summed E-state index contributed by atoms with van der Waals surface area (Å²) < 4.78 is 0. The highest BCUT2D eigenvalue weighted by Gasteiger charge is 2.17. The lowest BCUT2D eigenvalue weighted by molar-refractivity contribution is 0.0876. The summed E-state index contributed by atoms with van der Waals surface area (Å²) in [5.74, 6) is 0.0804. The summed E-state index contributed by atoms with van der Waals surface area (Å²) in [6, 6.07) is 11.5. The number of hydrogen-bond acceptors (Lipinski definition) is 6. The van der Waals surface area contributed by atoms with Crippen LogP contribution in [0.1, 0.15) is 15.9 Å². The number of hydrogen-bond donors (Lipinski definition) is 2. The molecule has 0 atom stereocenters. The lowest BCUT2D eigenvalue weighted by atomic mass is 10.1. The number of nitrogens with zero attached hydrogens (tertiary/aromatic N) is 3. The second kappa shape index (κ2) is 8.12. The molecule has 26 heavy (non-hydrogen) atoms. The van der Waals surface area contributed by atoms with E-state index < -0.39 is 0 Å². The maximum atomic E-state index is 12.4. The third-order valence-electron chi connectivity index (χ3n) is 4.52. The molecule has 0 aliphatic carbocycles. The summed E-state index contributed by atoms with van der Waals surface area (Å²) >= 11 is 0. The van der Waals surface area contributed by atoms with Gasteiger partial charge in [0.2, 0.25) is 0 Å². The molecule has 1 heterocycles. The van der Waals surface area contributed by atoms with Crippen molar-refractivity contribution in [3.8, 4) is 11.5 Å². The van der Waals surface area contributed by atoms with Gasteiger partial charge in [-0.25, -0.2) is 0 Å². The summed E-state index contributed by atoms with van der Waals surface area (Å²) in [5, 5.41) is 19.0. The summed E-state index contributed by atoms with van der Waals surface area (Å²) in [6.45, 7) is 4.26. The van der Waals surface area contributed by atoms with Gasteiger partial charge in [-0.05, 0) is 43.4 Å². The molecule has 0 radical (unpaired) electrons. The Morgan fingerprint density at radius 2 is 1.77 bits per heavy atom. The molecule has 0 aromatic heterocycles. The minimum Gasteiger partial charge on any atom is -0.508 e. The van der Waals surface area contributed by atoms with E-state index in [2.05, 4.69) is 21.8 Å². The van der Waals surface area contributed by atoms with Crippen LogP contribution in [0.15, 0.2) is 47.5 Å². The second-order valence-electron chi connectivity index (χ2n) is 6.55. The molecule has 2 aromatic rings. The molecule has 1 fully saturated rings. The molecule has 136 valence electrons. The van der Waals surface area contributed by atoms with Crippen molar-refractivity contribution in [2.24, 2.45) is 4.99 Å². The number of rotatable bonds is 5. The Labute approximate surface area is 153 Å². The van der Waals surface area contributed by atoms with Gasteiger partial charge in [0, 0.05) is 49.6 Å². The Morgan fingerprint density at radius 3 is 2.42 bits per heavy atom. The van der Waals surface area contributed by atoms with E-state index in [0.717, 1.165) is 26.2 Å². The molecule has 6 heteroatoms. The second-order valence-corrected chi connectivity index (χ2v) is 6.55. The zero-order valence-electron chi connectivity index (χ0n) is 14.8. The summed E-state index contributed by atoms with van der Waals surface area (Å²) in [6.07, 6.45) is 1.52. The Hall–Kier alpha value is -2.70. The van der Waals surface area contributed by atoms with E-state index in [-0.39, 0.29) is 17.3 Å². The van der Waals surface area contributed by atoms with E-state index in [9.17, 15) is 15.0 Å². The third kappa shape index (κ3) is 4.68. The summed E-state index contributed by atoms with van der Waals surface area (Å²) in [5.41, 5.74) is 1.88. The van der Waals surface area contributed by atoms with Gasteiger partial charge in [0.1, 0.15) is 11.5 Å². The van der Waals surface area contributed by atoms with Crippen LogP contribution in [0.4, 0.5) is 5.69 Å². The topological polar surface area (TPSA) is 76.4 Å². The highest BCUT2D eigenvalue weighted by molar-refractivity contribution is 5.98. The van der Waals surface area contributed by atoms with Crippen molar-refractivity contribution >= 4 is 17.7 Å². The zero-order chi connectivity index (χ0) is 18.5. The first-order chi connectivity index (χ1) is 12.5. The number of piperazine rings is 1. The number of phenols is 2. The monoisotopic (exact) mass is 353 g/mol. The SMILES string of the molecule is CN1CCN(CC(=O)c2ccc(N=Cc3ccc(O)cc3O)cc2)CC1. The number of likely N-dealkylation sites (N-methyl/N-ethyl adjacent to an activating group) is 1. The molecule has 2 N–H and O–H groups in total. The van der Waals surface area contributed by atoms with E-state index in [1.165, 1.54) is 18.3 Å². The number of ketones is 1. The van der Waals surface area contributed by atoms with Crippen LogP contribution in [0.5, 0.6) is 11.5 Å². The lowest BCUT2D eigenvalue weighted by Crippen LogP contribution is -2.46. The fraction of sp³-hybridized carbons (Fsp3) is 0.300. The van der Waals surface area contributed by atoms with E-state index in [1.54, 1.807) is 30.3 Å². The molecular weight excluding hydrogens is 330 g/mol. The molecule has 1 saturated heterocycles. The molecule has 0 unspecified atom stereocenters. The first-order valence-corrected chi connectivity index (χ1v) is 8.61. The van der Waals surface area contributed by atoms with E-state index in [4.69, 9.17) is 0 Å². The maximum Gasteiger partial charge on any atom is 0.176 e. The predicted molar refractivity (Wildman–Crippen MR) is 102 cm³/mol. The number of carbonyl (C=O) groups is 1. The fourth-order valence-electron chi connectivity index (χ4n) is 2.82. The number of phenolic OH excluding ortho intramolecular Hbond substituents is 2. The van der Waals surface area contributed by atoms with Crippen molar-refractivity contribution in [2.45, 2.75) is 0 Å². The van der Waals surface area contributed by atoms with Crippen molar-refractivity contribution in [3.05, 3.63) is 53.6 Å². The molecular formula is C20H23N3O3. The number of aliphatic imine (C=N–C) groups is 1. The van der Waals surface area contributed by atoms with E-state index in [0.29, 0.717) is 23.4 Å². The number of Topliss-reactive ketones (excluding diaryl/α,β-unsaturated/α-hetero) is 1. The largest absolute Gasteiger partial charge is 0.508 e. The maximum absolute atomic E-state index is 12.4. The van der Waals surface area contributed by atoms with Crippen LogP contribution in [0, 0.1) is 0 Å². The van der Waals surface area contributed by atoms with Crippen molar-refractivity contribution in [1.82, 2.24) is 9.80 Å². The van der Waals surface area contributed by atoms with Crippen molar-refractivity contribution < 1.29 is 15.0 Å². The van der Waals surface area contributed by atoms with Crippen molar-refractivity contribution in [1.29, 1.82) is 0 Å². The van der Waals surface area contributed by atoms with E-state index in [1.807, 2.05) is 0 Å². The van der Waals surface area contributed by atoms with Gasteiger partial charge in [-0.3, -0.25) is 14.7 Å². The number of aromatic hydroxyl groups is 2. The van der Waals surface area contributed by atoms with Crippen LogP contribution < -0.4 is 0 Å². The molecule has 6 nitrogen and oxygen atoms in total. The molecule has 0 amide bonds. The molecule has 1 aliphatic rings. The van der Waals surface area contributed by atoms with Crippen LogP contribution in [-0.2, 0) is 0 Å². The Kier molecular flexibility index (Phi) is 5.65. The summed E-state index contributed by atoms with van der Waals surface area (Å²) in [7, 11) is 2.09. The van der Waals surface area contributed by atoms with Crippen LogP contribution in [0.3, 0.4) is 0 Å². The number of benzene rings is 2. The van der Waals surface area contributed by atoms with Gasteiger partial charge in [-0.15, -0.1) is 0 Å². The Balaban J connectivity index is 1.61. The molecule has 0 bridgehead atoms. The van der Waals surface area contributed by atoms with Crippen molar-refractivity contribution in [3.63, 3.8) is 0 Å². The summed E-state index contributed by atoms with van der Waals surface area (Å²) in [4.78, 5) is 21.2. The minimum absolute atomic E-state index is 0.00265. The Bertz CT molecular complexity index is 794. The first-order valence-electron chi connectivity index (χ1n) is 8.61. The van der Waals surface area contributed by atoms with Gasteiger partial charge in [0.25, 0.3) is 0 Å². The molecule has 3 rings (SSSR count). The highest BCUT2D eigenvalue weighted by atomic mass is 16.3. The lowest BCUT2D eigenvalue weighted by Gasteiger charge is -2.31. The first kappa shape index (κ1) is 18.1. The third-order valence-corrected chi connectivity index (χ3v) is 4.52. The van der Waals surface area contributed by atoms with Crippen LogP contribution in [0.25, 0.3) is 0 Å². The average molecular weight is 353 g/mol. The van der Waals surface area contributed by atoms with Crippen LogP contribution in [-0.4, -0.2) is 71.8 Å². The van der Waals surface area contributed by atoms with Gasteiger partial charge >= 0.3 is 0 Å². The van der Waals surface area contributed by atoms with Gasteiger partial charge in [0.05, 0.1) is 12.2 Å². The van der Waals surface area contributed by atoms with Gasteiger partial charge in [0.15, 0.2) is 5.78 Å². The van der Waals surface area contributed by atoms with Crippen LogP contribution in [0.2, 0.25) is 0 Å². The zero-order valence-corrected chi connectivity index (χ0v) is 14.8. The average Bonchev–Trinajstić information content (AvgIpc) is 2.63. The number of carbonyl (C=O) groups excluding carboxylic acids is 1. The normalized spacial score (nSPS) is 16.2. The highest BCUT2D eigenvalue weighted by Crippen LogP contribution is 2.22. The standard InChI is InChI=1S/C20H23N3O3/c1-22-8-10-23(11-9-22)14-20(26)15-2-5-17(6-3-15)21-13-16-4-7-18(24)12-19(16)25/h2-7,12-13,24-25H,8-11,14H2,1H3. The van der Waals surface area contributed by atoms with E-state index >= 15 is 0 Å². The van der Waals surface area contributed by atoms with Gasteiger partial charge in [-0.1, -0.05) is 0 Å². The quantitative estimate of drug-likeness (QED) is 0.637. The molecule has 2 aromatic carbocycles. The molecule has 1 aliphatic heterocycles.